The van der Waals surface area contributed by atoms with E-state index in [0.717, 1.165) is 6.07 Å². The number of carbonyl (C=O) groups excluding carboxylic acids is 1. The number of urea groups is 1. The first-order valence-corrected chi connectivity index (χ1v) is 9.38. The van der Waals surface area contributed by atoms with Crippen molar-refractivity contribution in [2.24, 2.45) is 0 Å². The molecule has 0 spiro atoms. The molecular formula is C20H22F5N3O2. The maximum atomic E-state index is 13.7. The van der Waals surface area contributed by atoms with E-state index in [1.807, 2.05) is 13.8 Å². The first-order chi connectivity index (χ1) is 14.2. The highest BCUT2D eigenvalue weighted by atomic mass is 19.4. The van der Waals surface area contributed by atoms with Gasteiger partial charge >= 0.3 is 12.2 Å². The van der Waals surface area contributed by atoms with E-state index in [4.69, 9.17) is 0 Å². The Balaban J connectivity index is 0.00000155. The highest BCUT2D eigenvalue weighted by Crippen LogP contribution is 2.33. The quantitative estimate of drug-likeness (QED) is 0.668. The molecule has 2 N–H and O–H groups in total. The van der Waals surface area contributed by atoms with Gasteiger partial charge in [0.25, 0.3) is 0 Å². The highest BCUT2D eigenvalue weighted by Gasteiger charge is 2.29. The summed E-state index contributed by atoms with van der Waals surface area (Å²) in [5.74, 6) is -1.57. The molecule has 164 valence electrons. The van der Waals surface area contributed by atoms with Gasteiger partial charge in [0.15, 0.2) is 6.61 Å². The Morgan fingerprint density at radius 3 is 2.67 bits per heavy atom. The number of halogens is 5. The Kier molecular flexibility index (Phi) is 7.96. The van der Waals surface area contributed by atoms with Gasteiger partial charge in [0.1, 0.15) is 11.6 Å². The maximum Gasteiger partial charge on any atom is 0.422 e. The molecule has 30 heavy (non-hydrogen) atoms. The lowest BCUT2D eigenvalue weighted by Gasteiger charge is -2.15. The summed E-state index contributed by atoms with van der Waals surface area (Å²) < 4.78 is 68.3. The fourth-order valence-electron chi connectivity index (χ4n) is 2.98. The monoisotopic (exact) mass is 431 g/mol. The first kappa shape index (κ1) is 23.4. The predicted octanol–water partition coefficient (Wildman–Crippen LogP) is 4.81. The van der Waals surface area contributed by atoms with E-state index in [1.54, 1.807) is 0 Å². The Labute approximate surface area is 170 Å². The number of alkyl halides is 3. The normalized spacial score (nSPS) is 15.0. The lowest BCUT2D eigenvalue weighted by molar-refractivity contribution is -0.154. The molecule has 0 radical (unpaired) electrons. The van der Waals surface area contributed by atoms with Gasteiger partial charge in [-0.3, -0.25) is 0 Å². The van der Waals surface area contributed by atoms with Gasteiger partial charge in [0.05, 0.1) is 6.04 Å². The Hall–Kier alpha value is -2.91. The molecule has 2 aromatic rings. The molecule has 5 nitrogen and oxygen atoms in total. The number of aromatic nitrogens is 1. The van der Waals surface area contributed by atoms with Crippen LogP contribution < -0.4 is 15.4 Å². The Morgan fingerprint density at radius 2 is 1.97 bits per heavy atom. The molecule has 10 heteroatoms. The summed E-state index contributed by atoms with van der Waals surface area (Å²) in [6, 6.07) is 3.70. The topological polar surface area (TPSA) is 63.2 Å². The number of hydrogen-bond donors (Lipinski definition) is 2. The second-order valence-corrected chi connectivity index (χ2v) is 6.28. The van der Waals surface area contributed by atoms with Crippen LogP contribution in [0.15, 0.2) is 30.5 Å². The van der Waals surface area contributed by atoms with E-state index >= 15 is 0 Å². The zero-order valence-electron chi connectivity index (χ0n) is 16.4. The van der Waals surface area contributed by atoms with Crippen LogP contribution in [0.25, 0.3) is 0 Å². The summed E-state index contributed by atoms with van der Waals surface area (Å²) in [7, 11) is 0. The summed E-state index contributed by atoms with van der Waals surface area (Å²) in [5, 5.41) is 5.18. The number of nitrogens with zero attached hydrogens (tertiary/aromatic N) is 1. The molecule has 0 aliphatic heterocycles. The van der Waals surface area contributed by atoms with Crippen LogP contribution >= 0.6 is 0 Å². The Bertz CT molecular complexity index is 874. The molecule has 1 aliphatic carbocycles. The van der Waals surface area contributed by atoms with Gasteiger partial charge < -0.3 is 15.4 Å². The van der Waals surface area contributed by atoms with Crippen molar-refractivity contribution in [3.05, 3.63) is 58.8 Å². The molecule has 1 atom stereocenters. The average Bonchev–Trinajstić information content (AvgIpc) is 3.09. The summed E-state index contributed by atoms with van der Waals surface area (Å²) in [5.41, 5.74) is 1.26. The van der Waals surface area contributed by atoms with Crippen molar-refractivity contribution in [2.45, 2.75) is 45.5 Å². The molecule has 1 unspecified atom stereocenters. The fourth-order valence-corrected chi connectivity index (χ4v) is 2.98. The number of amides is 2. The molecule has 2 amide bonds. The predicted molar refractivity (Wildman–Crippen MR) is 99.9 cm³/mol. The van der Waals surface area contributed by atoms with Crippen molar-refractivity contribution in [3.8, 4) is 5.88 Å². The van der Waals surface area contributed by atoms with Crippen molar-refractivity contribution >= 4 is 6.03 Å². The second-order valence-electron chi connectivity index (χ2n) is 6.28. The number of benzene rings is 1. The van der Waals surface area contributed by atoms with Crippen LogP contribution in [0.5, 0.6) is 5.88 Å². The number of fused-ring (bicyclic) bond motifs is 1. The van der Waals surface area contributed by atoms with Crippen molar-refractivity contribution in [3.63, 3.8) is 0 Å². The van der Waals surface area contributed by atoms with Crippen molar-refractivity contribution in [2.75, 3.05) is 6.61 Å². The largest absolute Gasteiger partial charge is 0.468 e. The summed E-state index contributed by atoms with van der Waals surface area (Å²) >= 11 is 0. The number of carbonyl (C=O) groups is 1. The van der Waals surface area contributed by atoms with Gasteiger partial charge in [0, 0.05) is 24.9 Å². The van der Waals surface area contributed by atoms with Crippen LogP contribution in [0, 0.1) is 11.6 Å². The highest BCUT2D eigenvalue weighted by molar-refractivity contribution is 5.74. The fraction of sp³-hybridized carbons (Fsp3) is 0.400. The van der Waals surface area contributed by atoms with Crippen molar-refractivity contribution < 1.29 is 31.5 Å². The van der Waals surface area contributed by atoms with Gasteiger partial charge in [-0.25, -0.2) is 18.6 Å². The average molecular weight is 431 g/mol. The number of pyridine rings is 1. The van der Waals surface area contributed by atoms with Crippen LogP contribution in [0.1, 0.15) is 43.0 Å². The summed E-state index contributed by atoms with van der Waals surface area (Å²) in [4.78, 5) is 15.8. The third-order valence-corrected chi connectivity index (χ3v) is 4.19. The lowest BCUT2D eigenvalue weighted by atomic mass is 10.1. The molecule has 0 saturated carbocycles. The third kappa shape index (κ3) is 6.57. The number of nitrogens with one attached hydrogen (secondary N) is 2. The van der Waals surface area contributed by atoms with E-state index in [-0.39, 0.29) is 12.4 Å². The van der Waals surface area contributed by atoms with Crippen LogP contribution in [-0.4, -0.2) is 23.8 Å². The molecule has 3 rings (SSSR count). The number of rotatable bonds is 5. The van der Waals surface area contributed by atoms with Gasteiger partial charge in [-0.2, -0.15) is 13.2 Å². The standard InChI is InChI=1S/C18H16F5N3O2.C2H6/c19-11-6-13-12(14(20)7-11)1-2-15(13)26-17(27)25-8-10-3-4-24-16(5-10)28-9-18(21,22)23;1-2/h3-7,15H,1-2,8-9H2,(H2,25,26,27);1-2H3. The smallest absolute Gasteiger partial charge is 0.422 e. The Morgan fingerprint density at radius 1 is 1.23 bits per heavy atom. The minimum Gasteiger partial charge on any atom is -0.468 e. The van der Waals surface area contributed by atoms with Crippen LogP contribution in [0.3, 0.4) is 0 Å². The van der Waals surface area contributed by atoms with Gasteiger partial charge in [-0.1, -0.05) is 13.8 Å². The van der Waals surface area contributed by atoms with E-state index in [2.05, 4.69) is 20.4 Å². The van der Waals surface area contributed by atoms with E-state index in [1.165, 1.54) is 24.4 Å². The minimum absolute atomic E-state index is 0.00776. The summed E-state index contributed by atoms with van der Waals surface area (Å²) in [6.07, 6.45) is -2.39. The molecule has 0 fully saturated rings. The molecule has 0 bridgehead atoms. The first-order valence-electron chi connectivity index (χ1n) is 9.38. The SMILES string of the molecule is CC.O=C(NCc1ccnc(OCC(F)(F)F)c1)NC1CCc2c(F)cc(F)cc21. The summed E-state index contributed by atoms with van der Waals surface area (Å²) in [6.45, 7) is 2.54. The number of ether oxygens (including phenoxy) is 1. The van der Waals surface area contributed by atoms with Crippen LogP contribution in [0.2, 0.25) is 0 Å². The van der Waals surface area contributed by atoms with Gasteiger partial charge in [0.2, 0.25) is 5.88 Å². The minimum atomic E-state index is -4.48. The van der Waals surface area contributed by atoms with Crippen LogP contribution in [-0.2, 0) is 13.0 Å². The molecule has 1 heterocycles. The maximum absolute atomic E-state index is 13.7. The molecule has 1 aromatic carbocycles. The molecule has 1 aromatic heterocycles. The van der Waals surface area contributed by atoms with E-state index < -0.39 is 36.5 Å². The van der Waals surface area contributed by atoms with Crippen molar-refractivity contribution in [1.29, 1.82) is 0 Å². The lowest BCUT2D eigenvalue weighted by Crippen LogP contribution is -2.37. The van der Waals surface area contributed by atoms with E-state index in [0.29, 0.717) is 29.5 Å². The van der Waals surface area contributed by atoms with Crippen LogP contribution in [0.4, 0.5) is 26.7 Å². The third-order valence-electron chi connectivity index (χ3n) is 4.19. The van der Waals surface area contributed by atoms with Crippen molar-refractivity contribution in [1.82, 2.24) is 15.6 Å². The van der Waals surface area contributed by atoms with Gasteiger partial charge in [-0.05, 0) is 41.7 Å². The molecule has 0 saturated heterocycles. The zero-order valence-corrected chi connectivity index (χ0v) is 16.4. The van der Waals surface area contributed by atoms with Gasteiger partial charge in [-0.15, -0.1) is 0 Å². The van der Waals surface area contributed by atoms with E-state index in [9.17, 15) is 26.7 Å². The zero-order chi connectivity index (χ0) is 22.3. The molecular weight excluding hydrogens is 409 g/mol. The second kappa shape index (κ2) is 10.2. The molecule has 1 aliphatic rings. The number of hydrogen-bond acceptors (Lipinski definition) is 3.